The van der Waals surface area contributed by atoms with E-state index in [-0.39, 0.29) is 24.4 Å². The van der Waals surface area contributed by atoms with Gasteiger partial charge in [0.15, 0.2) is 0 Å². The van der Waals surface area contributed by atoms with E-state index in [2.05, 4.69) is 5.32 Å². The van der Waals surface area contributed by atoms with Crippen molar-refractivity contribution in [1.29, 1.82) is 0 Å². The van der Waals surface area contributed by atoms with Crippen LogP contribution in [0.3, 0.4) is 0 Å². The van der Waals surface area contributed by atoms with E-state index >= 15 is 0 Å². The molecule has 1 aliphatic rings. The minimum absolute atomic E-state index is 0.0540. The molecule has 2 unspecified atom stereocenters. The van der Waals surface area contributed by atoms with Gasteiger partial charge in [-0.25, -0.2) is 0 Å². The second-order valence-corrected chi connectivity index (χ2v) is 6.05. The maximum Gasteiger partial charge on any atom is 0.250 e. The van der Waals surface area contributed by atoms with E-state index in [4.69, 9.17) is 0 Å². The van der Waals surface area contributed by atoms with E-state index in [1.54, 1.807) is 16.2 Å². The van der Waals surface area contributed by atoms with Crippen molar-refractivity contribution in [3.8, 4) is 0 Å². The van der Waals surface area contributed by atoms with Crippen LogP contribution in [0.1, 0.15) is 29.4 Å². The number of nitrogens with one attached hydrogen (secondary N) is 1. The Morgan fingerprint density at radius 3 is 2.62 bits per heavy atom. The molecule has 3 rings (SSSR count). The highest BCUT2D eigenvalue weighted by Gasteiger charge is 2.36. The van der Waals surface area contributed by atoms with Gasteiger partial charge >= 0.3 is 0 Å². The fourth-order valence-corrected chi connectivity index (χ4v) is 3.34. The summed E-state index contributed by atoms with van der Waals surface area (Å²) in [7, 11) is 0. The monoisotopic (exact) mass is 300 g/mol. The number of nitrogens with zero attached hydrogens (tertiary/aromatic N) is 1. The molecule has 2 aromatic rings. The van der Waals surface area contributed by atoms with Gasteiger partial charge in [0.2, 0.25) is 5.91 Å². The third kappa shape index (κ3) is 2.69. The summed E-state index contributed by atoms with van der Waals surface area (Å²) < 4.78 is 0. The summed E-state index contributed by atoms with van der Waals surface area (Å²) in [4.78, 5) is 27.4. The van der Waals surface area contributed by atoms with Crippen molar-refractivity contribution in [3.63, 3.8) is 0 Å². The van der Waals surface area contributed by atoms with Gasteiger partial charge in [-0.05, 0) is 23.9 Å². The maximum absolute atomic E-state index is 12.7. The first-order chi connectivity index (χ1) is 10.2. The topological polar surface area (TPSA) is 49.4 Å². The van der Waals surface area contributed by atoms with Crippen LogP contribution in [0.25, 0.3) is 0 Å². The first-order valence-electron chi connectivity index (χ1n) is 6.85. The Labute approximate surface area is 127 Å². The fourth-order valence-electron chi connectivity index (χ4n) is 2.55. The Morgan fingerprint density at radius 1 is 1.19 bits per heavy atom. The molecule has 0 spiro atoms. The second-order valence-electron chi connectivity index (χ2n) is 5.07. The average Bonchev–Trinajstić information content (AvgIpc) is 3.04. The third-order valence-corrected chi connectivity index (χ3v) is 4.75. The summed E-state index contributed by atoms with van der Waals surface area (Å²) in [5.41, 5.74) is 0.818. The lowest BCUT2D eigenvalue weighted by atomic mass is 10.0. The molecule has 5 heteroatoms. The number of carbonyl (C=O) groups is 2. The predicted molar refractivity (Wildman–Crippen MR) is 81.8 cm³/mol. The average molecular weight is 300 g/mol. The van der Waals surface area contributed by atoms with Crippen molar-refractivity contribution in [2.75, 3.05) is 6.54 Å². The molecular formula is C16H16N2O2S. The van der Waals surface area contributed by atoms with Crippen molar-refractivity contribution in [1.82, 2.24) is 10.2 Å². The zero-order valence-corrected chi connectivity index (χ0v) is 12.5. The number of thiophene rings is 1. The van der Waals surface area contributed by atoms with Crippen molar-refractivity contribution < 1.29 is 9.59 Å². The molecule has 1 aromatic heterocycles. The van der Waals surface area contributed by atoms with Crippen LogP contribution in [0.15, 0.2) is 47.8 Å². The van der Waals surface area contributed by atoms with Gasteiger partial charge in [-0.2, -0.15) is 0 Å². The number of amides is 2. The van der Waals surface area contributed by atoms with Crippen LogP contribution < -0.4 is 5.32 Å². The van der Waals surface area contributed by atoms with Gasteiger partial charge in [0.1, 0.15) is 12.6 Å². The lowest BCUT2D eigenvalue weighted by Crippen LogP contribution is -2.53. The smallest absolute Gasteiger partial charge is 0.250 e. The number of carbonyl (C=O) groups excluding carboxylic acids is 2. The second kappa shape index (κ2) is 5.69. The maximum atomic E-state index is 12.7. The molecule has 1 saturated heterocycles. The van der Waals surface area contributed by atoms with E-state index in [1.165, 1.54) is 0 Å². The molecule has 4 nitrogen and oxygen atoms in total. The summed E-state index contributed by atoms with van der Waals surface area (Å²) in [6, 6.07) is 12.6. The normalized spacial score (nSPS) is 20.2. The summed E-state index contributed by atoms with van der Waals surface area (Å²) in [5, 5.41) is 4.77. The molecule has 2 heterocycles. The number of benzene rings is 1. The van der Waals surface area contributed by atoms with E-state index in [9.17, 15) is 9.59 Å². The van der Waals surface area contributed by atoms with Crippen LogP contribution in [-0.4, -0.2) is 23.3 Å². The standard InChI is InChI=1S/C16H16N2O2S/c1-11(13-8-5-9-21-13)18-10-14(19)17-15(16(18)20)12-6-3-2-4-7-12/h2-9,11,15H,10H2,1H3,(H,17,19). The van der Waals surface area contributed by atoms with Crippen LogP contribution in [0.4, 0.5) is 0 Å². The highest BCUT2D eigenvalue weighted by atomic mass is 32.1. The molecular weight excluding hydrogens is 284 g/mol. The van der Waals surface area contributed by atoms with Crippen LogP contribution in [0, 0.1) is 0 Å². The summed E-state index contributed by atoms with van der Waals surface area (Å²) in [5.74, 6) is -0.173. The first-order valence-corrected chi connectivity index (χ1v) is 7.73. The SMILES string of the molecule is CC(c1cccs1)N1CC(=O)NC(c2ccccc2)C1=O. The molecule has 21 heavy (non-hydrogen) atoms. The lowest BCUT2D eigenvalue weighted by molar-refractivity contribution is -0.146. The molecule has 1 aromatic carbocycles. The summed E-state index contributed by atoms with van der Waals surface area (Å²) >= 11 is 1.60. The van der Waals surface area contributed by atoms with Gasteiger partial charge in [-0.3, -0.25) is 9.59 Å². The number of hydrogen-bond acceptors (Lipinski definition) is 3. The molecule has 0 bridgehead atoms. The zero-order valence-electron chi connectivity index (χ0n) is 11.7. The summed E-state index contributed by atoms with van der Waals surface area (Å²) in [6.45, 7) is 2.08. The van der Waals surface area contributed by atoms with Crippen LogP contribution in [0.5, 0.6) is 0 Å². The molecule has 1 N–H and O–H groups in total. The van der Waals surface area contributed by atoms with Gasteiger partial charge < -0.3 is 10.2 Å². The van der Waals surface area contributed by atoms with Crippen molar-refractivity contribution in [3.05, 3.63) is 58.3 Å². The highest BCUT2D eigenvalue weighted by molar-refractivity contribution is 7.10. The zero-order chi connectivity index (χ0) is 14.8. The molecule has 0 radical (unpaired) electrons. The Bertz CT molecular complexity index is 640. The Morgan fingerprint density at radius 2 is 1.95 bits per heavy atom. The van der Waals surface area contributed by atoms with Crippen LogP contribution >= 0.6 is 11.3 Å². The molecule has 1 fully saturated rings. The highest BCUT2D eigenvalue weighted by Crippen LogP contribution is 2.29. The third-order valence-electron chi connectivity index (χ3n) is 3.70. The van der Waals surface area contributed by atoms with Crippen LogP contribution in [0.2, 0.25) is 0 Å². The fraction of sp³-hybridized carbons (Fsp3) is 0.250. The number of hydrogen-bond donors (Lipinski definition) is 1. The minimum Gasteiger partial charge on any atom is -0.339 e. The van der Waals surface area contributed by atoms with Gasteiger partial charge in [0.25, 0.3) is 5.91 Å². The molecule has 108 valence electrons. The molecule has 0 aliphatic carbocycles. The molecule has 2 atom stereocenters. The first kappa shape index (κ1) is 13.8. The van der Waals surface area contributed by atoms with Gasteiger partial charge in [-0.1, -0.05) is 36.4 Å². The van der Waals surface area contributed by atoms with E-state index in [1.807, 2.05) is 54.8 Å². The van der Waals surface area contributed by atoms with Crippen molar-refractivity contribution >= 4 is 23.2 Å². The quantitative estimate of drug-likeness (QED) is 0.947. The molecule has 1 aliphatic heterocycles. The van der Waals surface area contributed by atoms with Crippen molar-refractivity contribution in [2.24, 2.45) is 0 Å². The van der Waals surface area contributed by atoms with Crippen LogP contribution in [-0.2, 0) is 9.59 Å². The lowest BCUT2D eigenvalue weighted by Gasteiger charge is -2.36. The van der Waals surface area contributed by atoms with Gasteiger partial charge in [-0.15, -0.1) is 11.3 Å². The van der Waals surface area contributed by atoms with E-state index in [0.29, 0.717) is 0 Å². The van der Waals surface area contributed by atoms with E-state index < -0.39 is 6.04 Å². The predicted octanol–water partition coefficient (Wildman–Crippen LogP) is 2.51. The van der Waals surface area contributed by atoms with E-state index in [0.717, 1.165) is 10.4 Å². The van der Waals surface area contributed by atoms with Gasteiger partial charge in [0, 0.05) is 4.88 Å². The molecule has 2 amide bonds. The largest absolute Gasteiger partial charge is 0.339 e. The summed E-state index contributed by atoms with van der Waals surface area (Å²) in [6.07, 6.45) is 0. The molecule has 0 saturated carbocycles. The Hall–Kier alpha value is -2.14. The Balaban J connectivity index is 1.88. The minimum atomic E-state index is -0.588. The number of piperazine rings is 1. The Kier molecular flexibility index (Phi) is 3.75. The van der Waals surface area contributed by atoms with Crippen molar-refractivity contribution in [2.45, 2.75) is 19.0 Å². The number of rotatable bonds is 3. The van der Waals surface area contributed by atoms with Gasteiger partial charge in [0.05, 0.1) is 6.04 Å².